The van der Waals surface area contributed by atoms with E-state index in [4.69, 9.17) is 0 Å². The fraction of sp³-hybridized carbons (Fsp3) is 0.125. The Morgan fingerprint density at radius 3 is 1.97 bits per heavy atom. The maximum absolute atomic E-state index is 13.4. The van der Waals surface area contributed by atoms with Gasteiger partial charge in [-0.3, -0.25) is 0 Å². The molecule has 0 aliphatic heterocycles. The highest BCUT2D eigenvalue weighted by atomic mass is 32.2. The van der Waals surface area contributed by atoms with Gasteiger partial charge in [0.05, 0.1) is 10.6 Å². The van der Waals surface area contributed by atoms with Crippen LogP contribution in [-0.4, -0.2) is 21.8 Å². The third kappa shape index (κ3) is 5.32. The zero-order chi connectivity index (χ0) is 23.5. The molecule has 0 radical (unpaired) electrons. The van der Waals surface area contributed by atoms with Crippen LogP contribution in [0, 0.1) is 6.92 Å². The van der Waals surface area contributed by atoms with Crippen LogP contribution in [0.15, 0.2) is 99.2 Å². The van der Waals surface area contributed by atoms with Crippen molar-refractivity contribution in [1.29, 1.82) is 0 Å². The van der Waals surface area contributed by atoms with Crippen LogP contribution in [0.2, 0.25) is 0 Å². The van der Waals surface area contributed by atoms with E-state index in [1.54, 1.807) is 42.5 Å². The fourth-order valence-electron chi connectivity index (χ4n) is 3.18. The van der Waals surface area contributed by atoms with Crippen LogP contribution in [-0.2, 0) is 32.0 Å². The first-order chi connectivity index (χ1) is 15.8. The Bertz CT molecular complexity index is 1450. The van der Waals surface area contributed by atoms with Crippen molar-refractivity contribution in [1.82, 2.24) is 4.98 Å². The second-order valence-electron chi connectivity index (χ2n) is 7.51. The minimum atomic E-state index is -4.03. The van der Waals surface area contributed by atoms with E-state index >= 15 is 0 Å². The molecule has 0 aliphatic rings. The van der Waals surface area contributed by atoms with Crippen molar-refractivity contribution in [2.24, 2.45) is 0 Å². The maximum atomic E-state index is 13.4. The number of hydrogen-bond acceptors (Lipinski definition) is 7. The van der Waals surface area contributed by atoms with Gasteiger partial charge >= 0.3 is 0 Å². The molecule has 0 fully saturated rings. The summed E-state index contributed by atoms with van der Waals surface area (Å²) in [5, 5.41) is 3.01. The van der Waals surface area contributed by atoms with Crippen LogP contribution in [0.5, 0.6) is 0 Å². The molecule has 1 heterocycles. The number of benzene rings is 3. The van der Waals surface area contributed by atoms with Crippen molar-refractivity contribution in [3.05, 3.63) is 102 Å². The molecule has 4 rings (SSSR count). The summed E-state index contributed by atoms with van der Waals surface area (Å²) in [4.78, 5) is 4.20. The largest absolute Gasteiger partial charge is 0.370 e. The molecular weight excluding hydrogens is 476 g/mol. The SMILES string of the molecule is Cc1ccc(S(=O)(=O)c2nc(S(=O)(=O)Cc3ccccc3)sc2NCc2ccccc2)cc1. The first-order valence-corrected chi connectivity index (χ1v) is 14.1. The summed E-state index contributed by atoms with van der Waals surface area (Å²) < 4.78 is 52.7. The number of sulfone groups is 2. The van der Waals surface area contributed by atoms with Crippen LogP contribution in [0.1, 0.15) is 16.7 Å². The third-order valence-electron chi connectivity index (χ3n) is 4.92. The summed E-state index contributed by atoms with van der Waals surface area (Å²) in [6.45, 7) is 2.19. The van der Waals surface area contributed by atoms with Crippen molar-refractivity contribution in [2.75, 3.05) is 5.32 Å². The van der Waals surface area contributed by atoms with Gasteiger partial charge in [0.1, 0.15) is 5.00 Å². The van der Waals surface area contributed by atoms with E-state index in [2.05, 4.69) is 10.3 Å². The van der Waals surface area contributed by atoms with Gasteiger partial charge in [-0.2, -0.15) is 0 Å². The molecular formula is C24H22N2O4S3. The number of nitrogens with one attached hydrogen (secondary N) is 1. The molecule has 4 aromatic rings. The summed E-state index contributed by atoms with van der Waals surface area (Å²) in [5.41, 5.74) is 2.45. The molecule has 33 heavy (non-hydrogen) atoms. The zero-order valence-corrected chi connectivity index (χ0v) is 20.3. The van der Waals surface area contributed by atoms with Crippen molar-refractivity contribution in [3.63, 3.8) is 0 Å². The predicted octanol–water partition coefficient (Wildman–Crippen LogP) is 4.87. The van der Waals surface area contributed by atoms with Gasteiger partial charge in [-0.05, 0) is 30.2 Å². The Balaban J connectivity index is 1.75. The van der Waals surface area contributed by atoms with Crippen molar-refractivity contribution >= 4 is 36.0 Å². The molecule has 0 bridgehead atoms. The number of hydrogen-bond donors (Lipinski definition) is 1. The van der Waals surface area contributed by atoms with E-state index in [1.807, 2.05) is 37.3 Å². The molecule has 0 spiro atoms. The normalized spacial score (nSPS) is 11.9. The number of thiazole rings is 1. The van der Waals surface area contributed by atoms with Crippen molar-refractivity contribution < 1.29 is 16.8 Å². The highest BCUT2D eigenvalue weighted by Crippen LogP contribution is 2.36. The van der Waals surface area contributed by atoms with Gasteiger partial charge in [0.15, 0.2) is 5.03 Å². The molecule has 0 aliphatic carbocycles. The third-order valence-corrected chi connectivity index (χ3v) is 9.91. The second-order valence-corrected chi connectivity index (χ2v) is 12.5. The van der Waals surface area contributed by atoms with Gasteiger partial charge < -0.3 is 5.32 Å². The predicted molar refractivity (Wildman–Crippen MR) is 130 cm³/mol. The van der Waals surface area contributed by atoms with Crippen LogP contribution >= 0.6 is 11.3 Å². The minimum absolute atomic E-state index is 0.0631. The first kappa shape index (κ1) is 23.2. The molecule has 0 unspecified atom stereocenters. The summed E-state index contributed by atoms with van der Waals surface area (Å²) in [6.07, 6.45) is 0. The lowest BCUT2D eigenvalue weighted by Gasteiger charge is -2.07. The van der Waals surface area contributed by atoms with Gasteiger partial charge in [-0.15, -0.1) is 0 Å². The molecule has 1 aromatic heterocycles. The van der Waals surface area contributed by atoms with E-state index in [1.165, 1.54) is 12.1 Å². The summed E-state index contributed by atoms with van der Waals surface area (Å²) in [7, 11) is -7.87. The summed E-state index contributed by atoms with van der Waals surface area (Å²) >= 11 is 0.840. The number of rotatable bonds is 8. The molecule has 1 N–H and O–H groups in total. The molecule has 0 amide bonds. The molecule has 170 valence electrons. The Hall–Kier alpha value is -3.01. The average molecular weight is 499 g/mol. The first-order valence-electron chi connectivity index (χ1n) is 10.1. The number of nitrogens with zero attached hydrogens (tertiary/aromatic N) is 1. The van der Waals surface area contributed by atoms with Crippen LogP contribution < -0.4 is 5.32 Å². The number of aryl methyl sites for hydroxylation is 1. The van der Waals surface area contributed by atoms with Gasteiger partial charge in [0, 0.05) is 6.54 Å². The molecule has 0 saturated heterocycles. The monoisotopic (exact) mass is 498 g/mol. The fourth-order valence-corrected chi connectivity index (χ4v) is 7.50. The van der Waals surface area contributed by atoms with Gasteiger partial charge in [-0.1, -0.05) is 89.7 Å². The molecule has 6 nitrogen and oxygen atoms in total. The van der Waals surface area contributed by atoms with Gasteiger partial charge in [-0.25, -0.2) is 21.8 Å². The number of anilines is 1. The Morgan fingerprint density at radius 2 is 1.36 bits per heavy atom. The van der Waals surface area contributed by atoms with Crippen LogP contribution in [0.3, 0.4) is 0 Å². The van der Waals surface area contributed by atoms with E-state index in [0.29, 0.717) is 12.1 Å². The van der Waals surface area contributed by atoms with E-state index in [0.717, 1.165) is 22.5 Å². The lowest BCUT2D eigenvalue weighted by atomic mass is 10.2. The summed E-state index contributed by atoms with van der Waals surface area (Å²) in [5.74, 6) is -0.260. The minimum Gasteiger partial charge on any atom is -0.370 e. The smallest absolute Gasteiger partial charge is 0.226 e. The standard InChI is InChI=1S/C24H22N2O4S3/c1-18-12-14-21(15-13-18)33(29,30)23-22(25-16-19-8-4-2-5-9-19)31-24(26-23)32(27,28)17-20-10-6-3-7-11-20/h2-15,25H,16-17H2,1H3. The van der Waals surface area contributed by atoms with E-state index in [-0.39, 0.29) is 25.0 Å². The van der Waals surface area contributed by atoms with Crippen molar-refractivity contribution in [2.45, 2.75) is 33.5 Å². The number of aromatic nitrogens is 1. The maximum Gasteiger partial charge on any atom is 0.226 e. The summed E-state index contributed by atoms with van der Waals surface area (Å²) in [6, 6.07) is 24.6. The molecule has 0 saturated carbocycles. The lowest BCUT2D eigenvalue weighted by Crippen LogP contribution is -2.08. The average Bonchev–Trinajstić information content (AvgIpc) is 3.25. The van der Waals surface area contributed by atoms with E-state index < -0.39 is 19.7 Å². The molecule has 9 heteroatoms. The highest BCUT2D eigenvalue weighted by Gasteiger charge is 2.30. The van der Waals surface area contributed by atoms with Crippen LogP contribution in [0.4, 0.5) is 5.00 Å². The van der Waals surface area contributed by atoms with Crippen molar-refractivity contribution in [3.8, 4) is 0 Å². The zero-order valence-electron chi connectivity index (χ0n) is 17.8. The topological polar surface area (TPSA) is 93.2 Å². The van der Waals surface area contributed by atoms with E-state index in [9.17, 15) is 16.8 Å². The van der Waals surface area contributed by atoms with Gasteiger partial charge in [0.25, 0.3) is 0 Å². The Labute approximate surface area is 197 Å². The van der Waals surface area contributed by atoms with Gasteiger partial charge in [0.2, 0.25) is 24.0 Å². The Kier molecular flexibility index (Phi) is 6.64. The quantitative estimate of drug-likeness (QED) is 0.373. The highest BCUT2D eigenvalue weighted by molar-refractivity contribution is 7.93. The second kappa shape index (κ2) is 9.46. The Morgan fingerprint density at radius 1 is 0.788 bits per heavy atom. The lowest BCUT2D eigenvalue weighted by molar-refractivity contribution is 0.589. The molecule has 0 atom stereocenters. The molecule has 3 aromatic carbocycles. The van der Waals surface area contributed by atoms with Crippen LogP contribution in [0.25, 0.3) is 0 Å².